The van der Waals surface area contributed by atoms with Crippen LogP contribution in [0.2, 0.25) is 0 Å². The normalized spacial score (nSPS) is 12.8. The summed E-state index contributed by atoms with van der Waals surface area (Å²) in [6.45, 7) is 1.58. The molecule has 2 atom stereocenters. The van der Waals surface area contributed by atoms with E-state index >= 15 is 0 Å². The molecule has 0 bridgehead atoms. The maximum atomic E-state index is 11.6. The third-order valence-electron chi connectivity index (χ3n) is 2.68. The van der Waals surface area contributed by atoms with Crippen molar-refractivity contribution in [2.24, 2.45) is 0 Å². The number of carbonyl (C=O) groups excluding carboxylic acids is 1. The molecule has 0 aliphatic heterocycles. The van der Waals surface area contributed by atoms with Gasteiger partial charge in [0.05, 0.1) is 6.04 Å². The van der Waals surface area contributed by atoms with Gasteiger partial charge in [-0.15, -0.1) is 6.42 Å². The molecule has 0 saturated carbocycles. The Bertz CT molecular complexity index is 579. The van der Waals surface area contributed by atoms with Gasteiger partial charge in [-0.3, -0.25) is 0 Å². The number of hydrogen-bond acceptors (Lipinski definition) is 4. The first-order valence-corrected chi connectivity index (χ1v) is 6.10. The fourth-order valence-corrected chi connectivity index (χ4v) is 1.57. The Hall–Kier alpha value is -2.88. The number of benzene rings is 1. The van der Waals surface area contributed by atoms with Crippen LogP contribution in [-0.2, 0) is 11.2 Å². The van der Waals surface area contributed by atoms with E-state index in [9.17, 15) is 19.8 Å². The van der Waals surface area contributed by atoms with E-state index in [1.165, 1.54) is 18.2 Å². The molecule has 7 heteroatoms. The molecule has 1 aromatic carbocycles. The van der Waals surface area contributed by atoms with Crippen LogP contribution in [0.4, 0.5) is 4.79 Å². The fourth-order valence-electron chi connectivity index (χ4n) is 1.57. The third-order valence-corrected chi connectivity index (χ3v) is 2.68. The van der Waals surface area contributed by atoms with Gasteiger partial charge in [-0.05, 0) is 24.6 Å². The maximum Gasteiger partial charge on any atom is 0.326 e. The molecule has 0 aliphatic carbocycles. The number of terminal acetylenes is 1. The van der Waals surface area contributed by atoms with Crippen LogP contribution >= 0.6 is 0 Å². The first kappa shape index (κ1) is 16.2. The molecule has 2 amide bonds. The van der Waals surface area contributed by atoms with Crippen molar-refractivity contribution in [3.05, 3.63) is 23.8 Å². The average molecular weight is 292 g/mol. The van der Waals surface area contributed by atoms with Crippen LogP contribution in [0.15, 0.2) is 18.2 Å². The van der Waals surface area contributed by atoms with Gasteiger partial charge in [0.25, 0.3) is 0 Å². The number of carbonyl (C=O) groups is 2. The summed E-state index contributed by atoms with van der Waals surface area (Å²) in [6, 6.07) is 1.50. The van der Waals surface area contributed by atoms with Crippen LogP contribution < -0.4 is 10.6 Å². The monoisotopic (exact) mass is 292 g/mol. The van der Waals surface area contributed by atoms with Gasteiger partial charge in [0.1, 0.15) is 6.04 Å². The molecule has 21 heavy (non-hydrogen) atoms. The number of aromatic hydroxyl groups is 2. The highest BCUT2D eigenvalue weighted by Crippen LogP contribution is 2.25. The van der Waals surface area contributed by atoms with E-state index in [0.717, 1.165) is 0 Å². The van der Waals surface area contributed by atoms with Gasteiger partial charge >= 0.3 is 12.0 Å². The van der Waals surface area contributed by atoms with Crippen molar-refractivity contribution < 1.29 is 24.9 Å². The van der Waals surface area contributed by atoms with E-state index < -0.39 is 24.1 Å². The lowest BCUT2D eigenvalue weighted by atomic mass is 10.1. The SMILES string of the molecule is C#CC(C)NC(=O)NC(Cc1ccc(O)c(O)c1)C(=O)O. The number of hydrogen-bond donors (Lipinski definition) is 5. The molecule has 0 fully saturated rings. The molecule has 0 heterocycles. The number of carboxylic acid groups (broad SMARTS) is 1. The van der Waals surface area contributed by atoms with Crippen LogP contribution in [0, 0.1) is 12.3 Å². The van der Waals surface area contributed by atoms with Gasteiger partial charge in [0.2, 0.25) is 0 Å². The molecular weight excluding hydrogens is 276 g/mol. The van der Waals surface area contributed by atoms with Crippen molar-refractivity contribution >= 4 is 12.0 Å². The van der Waals surface area contributed by atoms with Gasteiger partial charge in [-0.2, -0.15) is 0 Å². The lowest BCUT2D eigenvalue weighted by Gasteiger charge is -2.16. The first-order chi connectivity index (χ1) is 9.83. The molecule has 7 nitrogen and oxygen atoms in total. The summed E-state index contributed by atoms with van der Waals surface area (Å²) in [7, 11) is 0. The Morgan fingerprint density at radius 3 is 2.48 bits per heavy atom. The van der Waals surface area contributed by atoms with Crippen LogP contribution in [0.25, 0.3) is 0 Å². The lowest BCUT2D eigenvalue weighted by molar-refractivity contribution is -0.139. The molecule has 0 saturated heterocycles. The molecular formula is C14H16N2O5. The first-order valence-electron chi connectivity index (χ1n) is 6.10. The Labute approximate surface area is 121 Å². The quantitative estimate of drug-likeness (QED) is 0.398. The van der Waals surface area contributed by atoms with E-state index in [1.807, 2.05) is 0 Å². The van der Waals surface area contributed by atoms with E-state index in [1.54, 1.807) is 6.92 Å². The van der Waals surface area contributed by atoms with E-state index in [2.05, 4.69) is 16.6 Å². The van der Waals surface area contributed by atoms with Gasteiger partial charge in [0.15, 0.2) is 11.5 Å². The van der Waals surface area contributed by atoms with Crippen molar-refractivity contribution in [2.75, 3.05) is 0 Å². The highest BCUT2D eigenvalue weighted by atomic mass is 16.4. The number of carboxylic acids is 1. The van der Waals surface area contributed by atoms with Crippen molar-refractivity contribution in [3.8, 4) is 23.8 Å². The van der Waals surface area contributed by atoms with Gasteiger partial charge in [0, 0.05) is 6.42 Å². The second-order valence-corrected chi connectivity index (χ2v) is 4.42. The Morgan fingerprint density at radius 1 is 1.29 bits per heavy atom. The average Bonchev–Trinajstić information content (AvgIpc) is 2.41. The zero-order valence-corrected chi connectivity index (χ0v) is 11.3. The third kappa shape index (κ3) is 4.95. The summed E-state index contributed by atoms with van der Waals surface area (Å²) in [4.78, 5) is 22.7. The second-order valence-electron chi connectivity index (χ2n) is 4.42. The summed E-state index contributed by atoms with van der Waals surface area (Å²) in [5, 5.41) is 32.3. The largest absolute Gasteiger partial charge is 0.504 e. The van der Waals surface area contributed by atoms with Crippen LogP contribution in [0.1, 0.15) is 12.5 Å². The standard InChI is InChI=1S/C14H16N2O5/c1-3-8(2)15-14(21)16-10(13(19)20)6-9-4-5-11(17)12(18)7-9/h1,4-5,7-8,10,17-18H,6H2,2H3,(H,19,20)(H2,15,16,21). The van der Waals surface area contributed by atoms with Gasteiger partial charge < -0.3 is 26.0 Å². The van der Waals surface area contributed by atoms with E-state index in [-0.39, 0.29) is 17.9 Å². The number of phenolic OH excluding ortho intramolecular Hbond substituents is 2. The molecule has 2 unspecified atom stereocenters. The smallest absolute Gasteiger partial charge is 0.326 e. The molecule has 5 N–H and O–H groups in total. The fraction of sp³-hybridized carbons (Fsp3) is 0.286. The minimum Gasteiger partial charge on any atom is -0.504 e. The summed E-state index contributed by atoms with van der Waals surface area (Å²) in [6.07, 6.45) is 5.05. The van der Waals surface area contributed by atoms with Gasteiger partial charge in [-0.1, -0.05) is 12.0 Å². The van der Waals surface area contributed by atoms with Crippen LogP contribution in [-0.4, -0.2) is 39.4 Å². The number of aliphatic carboxylic acids is 1. The van der Waals surface area contributed by atoms with Crippen molar-refractivity contribution in [3.63, 3.8) is 0 Å². The summed E-state index contributed by atoms with van der Waals surface area (Å²) >= 11 is 0. The van der Waals surface area contributed by atoms with Crippen LogP contribution in [0.5, 0.6) is 11.5 Å². The van der Waals surface area contributed by atoms with E-state index in [0.29, 0.717) is 5.56 Å². The molecule has 112 valence electrons. The number of amides is 2. The molecule has 0 aliphatic rings. The zero-order valence-electron chi connectivity index (χ0n) is 11.3. The van der Waals surface area contributed by atoms with Crippen LogP contribution in [0.3, 0.4) is 0 Å². The maximum absolute atomic E-state index is 11.6. The molecule has 0 spiro atoms. The number of phenols is 2. The number of nitrogens with one attached hydrogen (secondary N) is 2. The Kier molecular flexibility index (Phi) is 5.43. The summed E-state index contributed by atoms with van der Waals surface area (Å²) in [5.74, 6) is 0.385. The molecule has 0 radical (unpaired) electrons. The Balaban J connectivity index is 2.74. The highest BCUT2D eigenvalue weighted by Gasteiger charge is 2.21. The topological polar surface area (TPSA) is 119 Å². The zero-order chi connectivity index (χ0) is 16.0. The summed E-state index contributed by atoms with van der Waals surface area (Å²) < 4.78 is 0. The Morgan fingerprint density at radius 2 is 1.95 bits per heavy atom. The molecule has 1 aromatic rings. The number of urea groups is 1. The molecule has 0 aromatic heterocycles. The van der Waals surface area contributed by atoms with Crippen molar-refractivity contribution in [1.29, 1.82) is 0 Å². The predicted molar refractivity (Wildman–Crippen MR) is 74.9 cm³/mol. The van der Waals surface area contributed by atoms with Crippen molar-refractivity contribution in [2.45, 2.75) is 25.4 Å². The molecule has 1 rings (SSSR count). The van der Waals surface area contributed by atoms with Gasteiger partial charge in [-0.25, -0.2) is 9.59 Å². The number of rotatable bonds is 5. The van der Waals surface area contributed by atoms with E-state index in [4.69, 9.17) is 11.5 Å². The highest BCUT2D eigenvalue weighted by molar-refractivity contribution is 5.83. The minimum absolute atomic E-state index is 0.0545. The van der Waals surface area contributed by atoms with Crippen molar-refractivity contribution in [1.82, 2.24) is 10.6 Å². The minimum atomic E-state index is -1.23. The summed E-state index contributed by atoms with van der Waals surface area (Å²) in [5.41, 5.74) is 0.447. The predicted octanol–water partition coefficient (Wildman–Crippen LogP) is 0.414. The lowest BCUT2D eigenvalue weighted by Crippen LogP contribution is -2.49. The second kappa shape index (κ2) is 7.05.